The number of aromatic nitrogens is 3. The molecule has 1 aliphatic rings. The largest absolute Gasteiger partial charge is 0.497 e. The van der Waals surface area contributed by atoms with Crippen molar-refractivity contribution in [3.63, 3.8) is 0 Å². The first-order valence-electron chi connectivity index (χ1n) is 16.6. The minimum Gasteiger partial charge on any atom is -0.497 e. The summed E-state index contributed by atoms with van der Waals surface area (Å²) in [5, 5.41) is 19.1. The van der Waals surface area contributed by atoms with Crippen molar-refractivity contribution in [2.75, 3.05) is 32.6 Å². The number of benzene rings is 2. The van der Waals surface area contributed by atoms with Crippen LogP contribution in [-0.4, -0.2) is 86.7 Å². The number of fused-ring (bicyclic) bond motifs is 1. The van der Waals surface area contributed by atoms with Crippen LogP contribution in [0.5, 0.6) is 5.75 Å². The van der Waals surface area contributed by atoms with Gasteiger partial charge in [0, 0.05) is 49.2 Å². The summed E-state index contributed by atoms with van der Waals surface area (Å²) in [7, 11) is 5.80. The molecule has 1 aliphatic heterocycles. The first-order chi connectivity index (χ1) is 22.9. The standard InChI is InChI=1S/C35H44N6O5.C2H6/c1-35(2,3)46-34(44)41-22-24(20-30(41)33(42)43)36-31-14-8-11-27(37-31)26-10-7-12-28-32(26)29(40(5)38-28)13-9-19-39(4)21-23-15-17-25(45-6)18-16-23;1-2/h7-8,10-12,14-18,24,30H,9,13,19-22H2,1-6H3,(H,36,37)(H,42,43);1-2H3. The van der Waals surface area contributed by atoms with Crippen LogP contribution in [0.15, 0.2) is 60.7 Å². The number of ether oxygens (including phenoxy) is 2. The molecule has 0 radical (unpaired) electrons. The molecule has 0 aliphatic carbocycles. The highest BCUT2D eigenvalue weighted by Crippen LogP contribution is 2.32. The molecule has 11 heteroatoms. The average Bonchev–Trinajstić information content (AvgIpc) is 3.62. The van der Waals surface area contributed by atoms with Gasteiger partial charge in [-0.15, -0.1) is 0 Å². The van der Waals surface area contributed by atoms with E-state index in [1.807, 2.05) is 68.0 Å². The molecule has 5 rings (SSSR count). The van der Waals surface area contributed by atoms with Gasteiger partial charge in [-0.2, -0.15) is 5.10 Å². The number of amides is 1. The average molecular weight is 659 g/mol. The lowest BCUT2D eigenvalue weighted by Gasteiger charge is -2.26. The first-order valence-corrected chi connectivity index (χ1v) is 16.6. The lowest BCUT2D eigenvalue weighted by molar-refractivity contribution is -0.142. The Hall–Kier alpha value is -4.64. The minimum absolute atomic E-state index is 0.201. The molecule has 258 valence electrons. The third-order valence-corrected chi connectivity index (χ3v) is 8.14. The topological polar surface area (TPSA) is 122 Å². The van der Waals surface area contributed by atoms with Crippen LogP contribution < -0.4 is 10.1 Å². The normalized spacial score (nSPS) is 16.1. The van der Waals surface area contributed by atoms with E-state index in [2.05, 4.69) is 35.5 Å². The molecule has 48 heavy (non-hydrogen) atoms. The summed E-state index contributed by atoms with van der Waals surface area (Å²) in [4.78, 5) is 33.3. The number of nitrogens with zero attached hydrogens (tertiary/aromatic N) is 5. The van der Waals surface area contributed by atoms with Crippen molar-refractivity contribution in [1.29, 1.82) is 0 Å². The molecule has 1 saturated heterocycles. The van der Waals surface area contributed by atoms with E-state index < -0.39 is 23.7 Å². The Balaban J connectivity index is 0.00000255. The number of carbonyl (C=O) groups is 2. The molecule has 2 aromatic carbocycles. The monoisotopic (exact) mass is 658 g/mol. The molecule has 4 aromatic rings. The van der Waals surface area contributed by atoms with Gasteiger partial charge in [0.1, 0.15) is 23.2 Å². The fourth-order valence-electron chi connectivity index (χ4n) is 6.02. The van der Waals surface area contributed by atoms with Crippen LogP contribution in [0.2, 0.25) is 0 Å². The Morgan fingerprint density at radius 2 is 1.77 bits per heavy atom. The van der Waals surface area contributed by atoms with Crippen molar-refractivity contribution >= 4 is 28.8 Å². The maximum Gasteiger partial charge on any atom is 0.411 e. The summed E-state index contributed by atoms with van der Waals surface area (Å²) in [5.41, 5.74) is 4.36. The van der Waals surface area contributed by atoms with Crippen molar-refractivity contribution in [3.05, 3.63) is 71.9 Å². The predicted molar refractivity (Wildman–Crippen MR) is 189 cm³/mol. The summed E-state index contributed by atoms with van der Waals surface area (Å²) >= 11 is 0. The third kappa shape index (κ3) is 9.03. The molecule has 0 bridgehead atoms. The molecule has 1 amide bonds. The second-order valence-electron chi connectivity index (χ2n) is 12.9. The fourth-order valence-corrected chi connectivity index (χ4v) is 6.02. The number of nitrogens with one attached hydrogen (secondary N) is 1. The van der Waals surface area contributed by atoms with Crippen molar-refractivity contribution in [1.82, 2.24) is 24.6 Å². The summed E-state index contributed by atoms with van der Waals surface area (Å²) in [6, 6.07) is 18.8. The molecule has 2 N–H and O–H groups in total. The molecule has 2 atom stereocenters. The maximum atomic E-state index is 12.8. The van der Waals surface area contributed by atoms with Crippen LogP contribution in [0.4, 0.5) is 10.6 Å². The van der Waals surface area contributed by atoms with Crippen LogP contribution in [0.25, 0.3) is 22.2 Å². The van der Waals surface area contributed by atoms with Gasteiger partial charge < -0.3 is 24.8 Å². The molecule has 0 spiro atoms. The zero-order valence-corrected chi connectivity index (χ0v) is 29.5. The zero-order valence-electron chi connectivity index (χ0n) is 29.5. The van der Waals surface area contributed by atoms with Gasteiger partial charge in [0.05, 0.1) is 18.3 Å². The number of aliphatic carboxylic acids is 1. The van der Waals surface area contributed by atoms with Gasteiger partial charge in [-0.05, 0) is 83.1 Å². The van der Waals surface area contributed by atoms with E-state index in [-0.39, 0.29) is 19.0 Å². The zero-order chi connectivity index (χ0) is 35.0. The Kier molecular flexibility index (Phi) is 12.0. The van der Waals surface area contributed by atoms with Crippen LogP contribution in [0, 0.1) is 0 Å². The molecule has 3 heterocycles. The van der Waals surface area contributed by atoms with Crippen LogP contribution in [0.1, 0.15) is 58.7 Å². The van der Waals surface area contributed by atoms with E-state index in [1.165, 1.54) is 10.5 Å². The smallest absolute Gasteiger partial charge is 0.411 e. The van der Waals surface area contributed by atoms with Crippen molar-refractivity contribution in [3.8, 4) is 17.0 Å². The van der Waals surface area contributed by atoms with E-state index in [0.29, 0.717) is 5.82 Å². The molecular formula is C37H50N6O5. The summed E-state index contributed by atoms with van der Waals surface area (Å²) in [5.74, 6) is 0.413. The van der Waals surface area contributed by atoms with E-state index >= 15 is 0 Å². The molecule has 2 unspecified atom stereocenters. The molecule has 1 fully saturated rings. The maximum absolute atomic E-state index is 12.8. The van der Waals surface area contributed by atoms with Gasteiger partial charge in [0.2, 0.25) is 0 Å². The van der Waals surface area contributed by atoms with Gasteiger partial charge in [0.15, 0.2) is 0 Å². The molecule has 0 saturated carbocycles. The highest BCUT2D eigenvalue weighted by atomic mass is 16.6. The molecule has 2 aromatic heterocycles. The van der Waals surface area contributed by atoms with Gasteiger partial charge in [0.25, 0.3) is 0 Å². The van der Waals surface area contributed by atoms with Crippen LogP contribution in [0.3, 0.4) is 0 Å². The van der Waals surface area contributed by atoms with Crippen molar-refractivity contribution < 1.29 is 24.2 Å². The number of aryl methyl sites for hydroxylation is 2. The fraction of sp³-hybridized carbons (Fsp3) is 0.459. The minimum atomic E-state index is -1.06. The summed E-state index contributed by atoms with van der Waals surface area (Å²) in [6.07, 6.45) is 1.43. The summed E-state index contributed by atoms with van der Waals surface area (Å²) in [6.45, 7) is 11.3. The van der Waals surface area contributed by atoms with Gasteiger partial charge in [-0.25, -0.2) is 14.6 Å². The van der Waals surface area contributed by atoms with Gasteiger partial charge >= 0.3 is 12.1 Å². The second-order valence-corrected chi connectivity index (χ2v) is 12.9. The number of carboxylic acid groups (broad SMARTS) is 1. The van der Waals surface area contributed by atoms with Gasteiger partial charge in [-0.1, -0.05) is 44.2 Å². The van der Waals surface area contributed by atoms with E-state index in [1.54, 1.807) is 27.9 Å². The number of hydrogen-bond acceptors (Lipinski definition) is 8. The van der Waals surface area contributed by atoms with Gasteiger partial charge in [-0.3, -0.25) is 9.58 Å². The quantitative estimate of drug-likeness (QED) is 0.183. The number of pyridine rings is 1. The van der Waals surface area contributed by atoms with Crippen LogP contribution in [-0.2, 0) is 29.5 Å². The second kappa shape index (κ2) is 16.0. The number of methoxy groups -OCH3 is 1. The number of anilines is 1. The van der Waals surface area contributed by atoms with E-state index in [0.717, 1.165) is 59.5 Å². The Morgan fingerprint density at radius 1 is 1.06 bits per heavy atom. The number of hydrogen-bond donors (Lipinski definition) is 2. The molecular weight excluding hydrogens is 608 g/mol. The highest BCUT2D eigenvalue weighted by molar-refractivity contribution is 5.96. The van der Waals surface area contributed by atoms with Crippen LogP contribution >= 0.6 is 0 Å². The number of likely N-dealkylation sites (tertiary alicyclic amines) is 1. The number of carbonyl (C=O) groups excluding carboxylic acids is 1. The highest BCUT2D eigenvalue weighted by Gasteiger charge is 2.41. The summed E-state index contributed by atoms with van der Waals surface area (Å²) < 4.78 is 12.7. The SMILES string of the molecule is CC.COc1ccc(CN(C)CCCc2c3c(-c4cccc(NC5CC(C(=O)O)N(C(=O)OC(C)(C)C)C5)n4)cccc3nn2C)cc1. The lowest BCUT2D eigenvalue weighted by Crippen LogP contribution is -2.43. The number of carboxylic acids is 1. The van der Waals surface area contributed by atoms with E-state index in [4.69, 9.17) is 19.6 Å². The Bertz CT molecular complexity index is 1680. The lowest BCUT2D eigenvalue weighted by atomic mass is 10.0. The Labute approximate surface area is 283 Å². The van der Waals surface area contributed by atoms with E-state index in [9.17, 15) is 14.7 Å². The number of rotatable bonds is 11. The molecule has 11 nitrogen and oxygen atoms in total. The third-order valence-electron chi connectivity index (χ3n) is 8.14. The first kappa shape index (κ1) is 36.2. The predicted octanol–water partition coefficient (Wildman–Crippen LogP) is 6.61. The Morgan fingerprint density at radius 3 is 2.44 bits per heavy atom. The van der Waals surface area contributed by atoms with Crippen molar-refractivity contribution in [2.24, 2.45) is 7.05 Å². The van der Waals surface area contributed by atoms with Crippen molar-refractivity contribution in [2.45, 2.75) is 78.1 Å².